The van der Waals surface area contributed by atoms with E-state index in [1.165, 1.54) is 5.56 Å². The molecule has 3 nitrogen and oxygen atoms in total. The van der Waals surface area contributed by atoms with E-state index in [1.807, 2.05) is 30.3 Å². The van der Waals surface area contributed by atoms with Crippen molar-refractivity contribution in [1.29, 1.82) is 0 Å². The lowest BCUT2D eigenvalue weighted by Crippen LogP contribution is -2.14. The second-order valence-corrected chi connectivity index (χ2v) is 5.24. The molecular formula is C11H16O3S. The first kappa shape index (κ1) is 12.2. The van der Waals surface area contributed by atoms with Crippen LogP contribution in [0, 0.1) is 0 Å². The molecular weight excluding hydrogens is 212 g/mol. The molecule has 1 atom stereocenters. The summed E-state index contributed by atoms with van der Waals surface area (Å²) in [7, 11) is -3.33. The van der Waals surface area contributed by atoms with Crippen LogP contribution in [-0.2, 0) is 20.7 Å². The molecule has 0 spiro atoms. The SMILES string of the molecule is C[C@@H](CCc1ccccc1)OS(C)(=O)=O. The summed E-state index contributed by atoms with van der Waals surface area (Å²) in [6, 6.07) is 9.94. The van der Waals surface area contributed by atoms with Crippen LogP contribution in [0.2, 0.25) is 0 Å². The van der Waals surface area contributed by atoms with Crippen molar-refractivity contribution in [1.82, 2.24) is 0 Å². The number of hydrogen-bond donors (Lipinski definition) is 0. The molecule has 0 N–H and O–H groups in total. The molecule has 0 aliphatic carbocycles. The lowest BCUT2D eigenvalue weighted by molar-refractivity contribution is 0.221. The van der Waals surface area contributed by atoms with E-state index in [-0.39, 0.29) is 6.10 Å². The van der Waals surface area contributed by atoms with E-state index in [1.54, 1.807) is 6.92 Å². The van der Waals surface area contributed by atoms with Crippen LogP contribution in [0.5, 0.6) is 0 Å². The smallest absolute Gasteiger partial charge is 0.264 e. The minimum Gasteiger partial charge on any atom is -0.267 e. The van der Waals surface area contributed by atoms with Crippen LogP contribution < -0.4 is 0 Å². The van der Waals surface area contributed by atoms with Crippen molar-refractivity contribution in [3.05, 3.63) is 35.9 Å². The highest BCUT2D eigenvalue weighted by Crippen LogP contribution is 2.08. The number of aryl methyl sites for hydroxylation is 1. The van der Waals surface area contributed by atoms with Crippen LogP contribution in [0.1, 0.15) is 18.9 Å². The van der Waals surface area contributed by atoms with Crippen LogP contribution in [0.15, 0.2) is 30.3 Å². The third kappa shape index (κ3) is 5.54. The Morgan fingerprint density at radius 3 is 2.40 bits per heavy atom. The summed E-state index contributed by atoms with van der Waals surface area (Å²) in [6.45, 7) is 1.77. The van der Waals surface area contributed by atoms with Crippen molar-refractivity contribution >= 4 is 10.1 Å². The molecule has 0 bridgehead atoms. The molecule has 0 aliphatic rings. The van der Waals surface area contributed by atoms with E-state index < -0.39 is 10.1 Å². The van der Waals surface area contributed by atoms with Crippen molar-refractivity contribution in [2.75, 3.05) is 6.26 Å². The van der Waals surface area contributed by atoms with Gasteiger partial charge in [-0.1, -0.05) is 30.3 Å². The Bertz CT molecular complexity index is 384. The first-order valence-electron chi connectivity index (χ1n) is 4.89. The molecule has 0 aliphatic heterocycles. The van der Waals surface area contributed by atoms with E-state index >= 15 is 0 Å². The lowest BCUT2D eigenvalue weighted by Gasteiger charge is -2.10. The van der Waals surface area contributed by atoms with Crippen molar-refractivity contribution in [3.63, 3.8) is 0 Å². The predicted octanol–water partition coefficient (Wildman–Crippen LogP) is 1.98. The van der Waals surface area contributed by atoms with Crippen molar-refractivity contribution in [2.45, 2.75) is 25.9 Å². The van der Waals surface area contributed by atoms with Gasteiger partial charge in [-0.3, -0.25) is 4.18 Å². The molecule has 1 aromatic carbocycles. The summed E-state index contributed by atoms with van der Waals surface area (Å²) in [5.74, 6) is 0. The predicted molar refractivity (Wildman–Crippen MR) is 60.2 cm³/mol. The first-order chi connectivity index (χ1) is 6.97. The van der Waals surface area contributed by atoms with Gasteiger partial charge in [0, 0.05) is 0 Å². The van der Waals surface area contributed by atoms with Gasteiger partial charge in [0.1, 0.15) is 0 Å². The summed E-state index contributed by atoms with van der Waals surface area (Å²) < 4.78 is 26.5. The Hall–Kier alpha value is -0.870. The van der Waals surface area contributed by atoms with Crippen LogP contribution in [-0.4, -0.2) is 20.8 Å². The zero-order chi connectivity index (χ0) is 11.3. The van der Waals surface area contributed by atoms with Gasteiger partial charge in [0.25, 0.3) is 10.1 Å². The lowest BCUT2D eigenvalue weighted by atomic mass is 10.1. The van der Waals surface area contributed by atoms with Crippen molar-refractivity contribution in [2.24, 2.45) is 0 Å². The average molecular weight is 228 g/mol. The van der Waals surface area contributed by atoms with Gasteiger partial charge in [-0.2, -0.15) is 8.42 Å². The number of hydrogen-bond acceptors (Lipinski definition) is 3. The molecule has 0 unspecified atom stereocenters. The topological polar surface area (TPSA) is 43.4 Å². The monoisotopic (exact) mass is 228 g/mol. The van der Waals surface area contributed by atoms with E-state index in [0.717, 1.165) is 12.7 Å². The molecule has 0 saturated heterocycles. The maximum absolute atomic E-state index is 10.8. The third-order valence-corrected chi connectivity index (χ3v) is 2.70. The number of benzene rings is 1. The van der Waals surface area contributed by atoms with Gasteiger partial charge >= 0.3 is 0 Å². The van der Waals surface area contributed by atoms with E-state index in [2.05, 4.69) is 0 Å². The van der Waals surface area contributed by atoms with E-state index in [9.17, 15) is 8.42 Å². The summed E-state index contributed by atoms with van der Waals surface area (Å²) in [4.78, 5) is 0. The van der Waals surface area contributed by atoms with Gasteiger partial charge in [0.15, 0.2) is 0 Å². The molecule has 0 saturated carbocycles. The quantitative estimate of drug-likeness (QED) is 0.724. The Labute approximate surface area is 91.2 Å². The van der Waals surface area contributed by atoms with Gasteiger partial charge < -0.3 is 0 Å². The standard InChI is InChI=1S/C11H16O3S/c1-10(14-15(2,12)13)8-9-11-6-4-3-5-7-11/h3-7,10H,8-9H2,1-2H3/t10-/m0/s1. The zero-order valence-electron chi connectivity index (χ0n) is 9.01. The molecule has 84 valence electrons. The molecule has 1 aromatic rings. The van der Waals surface area contributed by atoms with Crippen LogP contribution >= 0.6 is 0 Å². The van der Waals surface area contributed by atoms with Crippen LogP contribution in [0.3, 0.4) is 0 Å². The Morgan fingerprint density at radius 1 is 1.27 bits per heavy atom. The molecule has 15 heavy (non-hydrogen) atoms. The fraction of sp³-hybridized carbons (Fsp3) is 0.455. The molecule has 0 amide bonds. The van der Waals surface area contributed by atoms with Crippen LogP contribution in [0.4, 0.5) is 0 Å². The molecule has 0 fully saturated rings. The highest BCUT2D eigenvalue weighted by Gasteiger charge is 2.09. The molecule has 4 heteroatoms. The fourth-order valence-corrected chi connectivity index (χ4v) is 2.05. The minimum atomic E-state index is -3.33. The molecule has 1 rings (SSSR count). The zero-order valence-corrected chi connectivity index (χ0v) is 9.83. The third-order valence-electron chi connectivity index (χ3n) is 2.02. The maximum Gasteiger partial charge on any atom is 0.264 e. The molecule has 0 heterocycles. The summed E-state index contributed by atoms with van der Waals surface area (Å²) in [5, 5.41) is 0. The second kappa shape index (κ2) is 5.28. The van der Waals surface area contributed by atoms with Gasteiger partial charge in [0.2, 0.25) is 0 Å². The fourth-order valence-electron chi connectivity index (χ4n) is 1.36. The first-order valence-corrected chi connectivity index (χ1v) is 6.71. The summed E-state index contributed by atoms with van der Waals surface area (Å²) in [5.41, 5.74) is 1.20. The van der Waals surface area contributed by atoms with Gasteiger partial charge in [0.05, 0.1) is 12.4 Å². The van der Waals surface area contributed by atoms with Crippen molar-refractivity contribution < 1.29 is 12.6 Å². The van der Waals surface area contributed by atoms with Gasteiger partial charge in [-0.15, -0.1) is 0 Å². The molecule has 0 radical (unpaired) electrons. The van der Waals surface area contributed by atoms with E-state index in [0.29, 0.717) is 6.42 Å². The van der Waals surface area contributed by atoms with Crippen molar-refractivity contribution in [3.8, 4) is 0 Å². The number of rotatable bonds is 5. The summed E-state index contributed by atoms with van der Waals surface area (Å²) >= 11 is 0. The highest BCUT2D eigenvalue weighted by molar-refractivity contribution is 7.86. The van der Waals surface area contributed by atoms with Crippen LogP contribution in [0.25, 0.3) is 0 Å². The largest absolute Gasteiger partial charge is 0.267 e. The normalized spacial score (nSPS) is 13.7. The Morgan fingerprint density at radius 2 is 1.87 bits per heavy atom. The van der Waals surface area contributed by atoms with Gasteiger partial charge in [-0.25, -0.2) is 0 Å². The minimum absolute atomic E-state index is 0.264. The Kier molecular flexibility index (Phi) is 4.29. The van der Waals surface area contributed by atoms with Gasteiger partial charge in [-0.05, 0) is 25.3 Å². The second-order valence-electron chi connectivity index (χ2n) is 3.64. The van der Waals surface area contributed by atoms with E-state index in [4.69, 9.17) is 4.18 Å². The Balaban J connectivity index is 2.38. The highest BCUT2D eigenvalue weighted by atomic mass is 32.2. The molecule has 0 aromatic heterocycles. The maximum atomic E-state index is 10.8. The average Bonchev–Trinajstić information content (AvgIpc) is 2.14. The summed E-state index contributed by atoms with van der Waals surface area (Å²) in [6.07, 6.45) is 2.35.